The van der Waals surface area contributed by atoms with Crippen LogP contribution in [0, 0.1) is 17.0 Å². The van der Waals surface area contributed by atoms with Crippen LogP contribution in [0.25, 0.3) is 11.1 Å². The minimum Gasteiger partial charge on any atom is -0.481 e. The number of benzene rings is 2. The molecule has 6 N–H and O–H groups in total. The van der Waals surface area contributed by atoms with Gasteiger partial charge >= 0.3 is 5.97 Å². The highest BCUT2D eigenvalue weighted by atomic mass is 32.2. The van der Waals surface area contributed by atoms with E-state index in [0.29, 0.717) is 24.2 Å². The summed E-state index contributed by atoms with van der Waals surface area (Å²) >= 11 is 1.12. The van der Waals surface area contributed by atoms with E-state index in [-0.39, 0.29) is 121 Å². The molecular formula is C50H67F2N7O12S. The smallest absolute Gasteiger partial charge is 0.305 e. The number of nitrogens with one attached hydrogen (secondary N) is 3. The van der Waals surface area contributed by atoms with Crippen LogP contribution in [-0.2, 0) is 59.1 Å². The van der Waals surface area contributed by atoms with Gasteiger partial charge in [0.1, 0.15) is 24.2 Å². The average Bonchev–Trinajstić information content (AvgIpc) is 3.88. The molecule has 0 bridgehead atoms. The van der Waals surface area contributed by atoms with Gasteiger partial charge in [-0.05, 0) is 48.2 Å². The van der Waals surface area contributed by atoms with Gasteiger partial charge in [-0.2, -0.15) is 0 Å². The fraction of sp³-hybridized carbons (Fsp3) is 0.500. The van der Waals surface area contributed by atoms with Crippen LogP contribution < -0.4 is 21.7 Å². The first kappa shape index (κ1) is 58.5. The van der Waals surface area contributed by atoms with Crippen molar-refractivity contribution >= 4 is 53.2 Å². The standard InChI is InChI=1S/C50H67F2N7O12S/c1-50(2,3)48(41-28-36(38-29-37(51)10-11-39(38)52)31-57(41)30-35-8-5-4-6-9-35)58(19-7-16-53)46(64)34-72-33-40(49(67)55-17-14-47(65)66)56-42(60)15-20-68-22-24-70-26-27-71-25-23-69-21-18-54-43(61)32-59-44(62)12-13-45(59)63/h4-6,8-13,28-29,31,40,48H,7,14-27,30,32-34,53H2,1-3H3,(H,54,61)(H,55,67)(H,56,60)(H,65,66). The van der Waals surface area contributed by atoms with Crippen LogP contribution in [0.4, 0.5) is 8.78 Å². The topological polar surface area (TPSA) is 250 Å². The third-order valence-corrected chi connectivity index (χ3v) is 11.9. The maximum atomic E-state index is 15.2. The highest BCUT2D eigenvalue weighted by molar-refractivity contribution is 8.00. The summed E-state index contributed by atoms with van der Waals surface area (Å²) in [6.45, 7) is 8.25. The Balaban J connectivity index is 1.26. The van der Waals surface area contributed by atoms with Crippen molar-refractivity contribution in [3.63, 3.8) is 0 Å². The molecule has 3 aromatic rings. The number of amides is 6. The molecule has 1 aliphatic rings. The van der Waals surface area contributed by atoms with Gasteiger partial charge in [-0.3, -0.25) is 38.5 Å². The number of hydrogen-bond acceptors (Lipinski definition) is 13. The lowest BCUT2D eigenvalue weighted by molar-refractivity contribution is -0.141. The van der Waals surface area contributed by atoms with Gasteiger partial charge in [-0.15, -0.1) is 11.8 Å². The SMILES string of the molecule is CC(C)(C)C(c1cc(-c2cc(F)ccc2F)cn1Cc1ccccc1)N(CCCN)C(=O)CSCC(NC(=O)CCOCCOCCOCCOCCNC(=O)CN1C(=O)C=CC1=O)C(=O)NCCC(=O)O. The number of carbonyl (C=O) groups excluding carboxylic acids is 6. The van der Waals surface area contributed by atoms with Crippen molar-refractivity contribution in [2.45, 2.75) is 58.7 Å². The molecule has 0 aliphatic carbocycles. The highest BCUT2D eigenvalue weighted by Crippen LogP contribution is 2.41. The zero-order valence-corrected chi connectivity index (χ0v) is 41.9. The summed E-state index contributed by atoms with van der Waals surface area (Å²) in [7, 11) is 0. The fourth-order valence-electron chi connectivity index (χ4n) is 7.46. The van der Waals surface area contributed by atoms with Gasteiger partial charge in [-0.1, -0.05) is 51.1 Å². The van der Waals surface area contributed by atoms with Gasteiger partial charge in [0, 0.05) is 73.5 Å². The summed E-state index contributed by atoms with van der Waals surface area (Å²) in [5.41, 5.74) is 7.55. The Morgan fingerprint density at radius 2 is 1.44 bits per heavy atom. The Kier molecular flexibility index (Phi) is 25.0. The average molecular weight is 1030 g/mol. The molecule has 394 valence electrons. The number of nitrogens with two attached hydrogens (primary N) is 1. The third-order valence-electron chi connectivity index (χ3n) is 10.9. The maximum Gasteiger partial charge on any atom is 0.305 e. The van der Waals surface area contributed by atoms with Crippen molar-refractivity contribution in [2.75, 3.05) is 97.1 Å². The van der Waals surface area contributed by atoms with E-state index in [1.807, 2.05) is 55.7 Å². The number of halogens is 2. The van der Waals surface area contributed by atoms with Crippen molar-refractivity contribution in [2.24, 2.45) is 11.1 Å². The molecule has 2 heterocycles. The van der Waals surface area contributed by atoms with Crippen LogP contribution in [0.5, 0.6) is 0 Å². The highest BCUT2D eigenvalue weighted by Gasteiger charge is 2.37. The molecule has 0 fully saturated rings. The molecule has 72 heavy (non-hydrogen) atoms. The molecule has 0 saturated carbocycles. The second-order valence-corrected chi connectivity index (χ2v) is 18.6. The first-order valence-corrected chi connectivity index (χ1v) is 24.8. The lowest BCUT2D eigenvalue weighted by Crippen LogP contribution is -2.49. The molecule has 1 aliphatic heterocycles. The molecule has 1 aromatic heterocycles. The van der Waals surface area contributed by atoms with E-state index in [2.05, 4.69) is 16.0 Å². The Hall–Kier alpha value is -6.04. The van der Waals surface area contributed by atoms with Crippen LogP contribution in [0.1, 0.15) is 57.3 Å². The predicted octanol–water partition coefficient (Wildman–Crippen LogP) is 3.05. The number of carboxylic acids is 1. The second-order valence-electron chi connectivity index (χ2n) is 17.6. The lowest BCUT2D eigenvalue weighted by atomic mass is 9.83. The summed E-state index contributed by atoms with van der Waals surface area (Å²) < 4.78 is 53.5. The largest absolute Gasteiger partial charge is 0.481 e. The van der Waals surface area contributed by atoms with E-state index in [0.717, 1.165) is 52.6 Å². The summed E-state index contributed by atoms with van der Waals surface area (Å²) in [6, 6.07) is 13.0. The minimum atomic E-state index is -1.12. The van der Waals surface area contributed by atoms with Gasteiger partial charge in [-0.25, -0.2) is 8.78 Å². The zero-order chi connectivity index (χ0) is 52.5. The summed E-state index contributed by atoms with van der Waals surface area (Å²) in [5.74, 6) is -5.40. The summed E-state index contributed by atoms with van der Waals surface area (Å²) in [5, 5.41) is 16.9. The Morgan fingerprint density at radius 1 is 0.806 bits per heavy atom. The van der Waals surface area contributed by atoms with Crippen molar-refractivity contribution in [1.82, 2.24) is 30.3 Å². The molecule has 2 unspecified atom stereocenters. The number of nitrogens with zero attached hydrogens (tertiary/aromatic N) is 3. The van der Waals surface area contributed by atoms with E-state index < -0.39 is 64.6 Å². The summed E-state index contributed by atoms with van der Waals surface area (Å²) in [6.07, 6.45) is 3.99. The van der Waals surface area contributed by atoms with Crippen molar-refractivity contribution in [3.05, 3.63) is 95.8 Å². The van der Waals surface area contributed by atoms with E-state index in [1.54, 1.807) is 17.2 Å². The number of rotatable bonds is 34. The number of carbonyl (C=O) groups is 7. The fourth-order valence-corrected chi connectivity index (χ4v) is 8.39. The van der Waals surface area contributed by atoms with Gasteiger partial charge in [0.15, 0.2) is 0 Å². The van der Waals surface area contributed by atoms with Gasteiger partial charge in [0.05, 0.1) is 71.1 Å². The Morgan fingerprint density at radius 3 is 2.07 bits per heavy atom. The zero-order valence-electron chi connectivity index (χ0n) is 41.0. The number of aromatic nitrogens is 1. The molecule has 2 atom stereocenters. The molecule has 6 amide bonds. The van der Waals surface area contributed by atoms with Crippen LogP contribution in [0.3, 0.4) is 0 Å². The first-order valence-electron chi connectivity index (χ1n) is 23.6. The van der Waals surface area contributed by atoms with Crippen LogP contribution in [0.2, 0.25) is 0 Å². The van der Waals surface area contributed by atoms with Crippen molar-refractivity contribution in [3.8, 4) is 11.1 Å². The molecule has 0 radical (unpaired) electrons. The van der Waals surface area contributed by atoms with Crippen molar-refractivity contribution in [1.29, 1.82) is 0 Å². The first-order chi connectivity index (χ1) is 34.5. The molecule has 2 aromatic carbocycles. The normalized spacial score (nSPS) is 13.3. The van der Waals surface area contributed by atoms with Crippen LogP contribution in [0.15, 0.2) is 72.9 Å². The van der Waals surface area contributed by atoms with Crippen molar-refractivity contribution < 1.29 is 66.4 Å². The molecule has 19 nitrogen and oxygen atoms in total. The second kappa shape index (κ2) is 30.8. The quantitative estimate of drug-likeness (QED) is 0.0426. The molecule has 0 spiro atoms. The number of ether oxygens (including phenoxy) is 4. The number of thioether (sulfide) groups is 1. The van der Waals surface area contributed by atoms with Gasteiger partial charge in [0.2, 0.25) is 23.6 Å². The molecular weight excluding hydrogens is 961 g/mol. The Labute approximate surface area is 422 Å². The number of carboxylic acid groups (broad SMARTS) is 1. The minimum absolute atomic E-state index is 0.0119. The van der Waals surface area contributed by atoms with Crippen LogP contribution >= 0.6 is 11.8 Å². The number of imide groups is 1. The molecule has 22 heteroatoms. The van der Waals surface area contributed by atoms with E-state index in [9.17, 15) is 38.0 Å². The van der Waals surface area contributed by atoms with E-state index in [4.69, 9.17) is 29.8 Å². The molecule has 4 rings (SSSR count). The molecule has 0 saturated heterocycles. The van der Waals surface area contributed by atoms with Gasteiger partial charge < -0.3 is 55.2 Å². The lowest BCUT2D eigenvalue weighted by Gasteiger charge is -2.41. The number of hydrogen-bond donors (Lipinski definition) is 5. The van der Waals surface area contributed by atoms with E-state index >= 15 is 4.39 Å². The summed E-state index contributed by atoms with van der Waals surface area (Å²) in [4.78, 5) is 89.5. The van der Waals surface area contributed by atoms with Gasteiger partial charge in [0.25, 0.3) is 11.8 Å². The number of aliphatic carboxylic acids is 1. The Bertz CT molecular complexity index is 2280. The monoisotopic (exact) mass is 1030 g/mol. The predicted molar refractivity (Wildman–Crippen MR) is 264 cm³/mol. The van der Waals surface area contributed by atoms with E-state index in [1.165, 1.54) is 0 Å². The van der Waals surface area contributed by atoms with Crippen LogP contribution in [-0.4, -0.2) is 164 Å². The third kappa shape index (κ3) is 20.2. The maximum absolute atomic E-state index is 15.2.